The minimum Gasteiger partial charge on any atom is -0.483 e. The second-order valence-corrected chi connectivity index (χ2v) is 8.16. The molecule has 170 valence electrons. The van der Waals surface area contributed by atoms with Crippen molar-refractivity contribution in [3.8, 4) is 11.5 Å². The van der Waals surface area contributed by atoms with Crippen molar-refractivity contribution < 1.29 is 19.1 Å². The first-order valence-corrected chi connectivity index (χ1v) is 10.8. The maximum atomic E-state index is 12.1. The monoisotopic (exact) mass is 464 g/mol. The average Bonchev–Trinajstić information content (AvgIpc) is 2.80. The van der Waals surface area contributed by atoms with E-state index in [9.17, 15) is 9.59 Å². The van der Waals surface area contributed by atoms with E-state index < -0.39 is 5.97 Å². The van der Waals surface area contributed by atoms with Gasteiger partial charge in [0, 0.05) is 5.02 Å². The van der Waals surface area contributed by atoms with E-state index in [-0.39, 0.29) is 12.5 Å². The normalized spacial score (nSPS) is 10.9. The van der Waals surface area contributed by atoms with Crippen molar-refractivity contribution in [3.05, 3.63) is 94.0 Å². The maximum Gasteiger partial charge on any atom is 0.343 e. The number of amides is 1. The Balaban J connectivity index is 1.48. The molecule has 0 aromatic heterocycles. The third-order valence-electron chi connectivity index (χ3n) is 4.81. The van der Waals surface area contributed by atoms with Crippen LogP contribution in [0.5, 0.6) is 11.5 Å². The predicted molar refractivity (Wildman–Crippen MR) is 129 cm³/mol. The summed E-state index contributed by atoms with van der Waals surface area (Å²) in [5.74, 6) is 0.606. The zero-order valence-electron chi connectivity index (χ0n) is 18.7. The molecule has 0 radical (unpaired) electrons. The summed E-state index contributed by atoms with van der Waals surface area (Å²) in [5.41, 5.74) is 5.68. The SMILES string of the molecule is Cc1ccc(C(C)C)cc1OCC(=O)N/N=C\c1ccc(OC(=O)c2ccc(Cl)cc2)cc1. The molecule has 0 saturated carbocycles. The molecular formula is C26H25ClN2O4. The van der Waals surface area contributed by atoms with Crippen LogP contribution in [0.2, 0.25) is 5.02 Å². The standard InChI is InChI=1S/C26H25ClN2O4/c1-17(2)21-7-4-18(3)24(14-21)32-16-25(30)29-28-15-19-5-12-23(13-6-19)33-26(31)20-8-10-22(27)11-9-20/h4-15,17H,16H2,1-3H3,(H,29,30)/b28-15-. The molecule has 0 aliphatic heterocycles. The fraction of sp³-hybridized carbons (Fsp3) is 0.192. The number of halogens is 1. The van der Waals surface area contributed by atoms with E-state index in [4.69, 9.17) is 21.1 Å². The molecule has 7 heteroatoms. The van der Waals surface area contributed by atoms with Crippen LogP contribution in [0.15, 0.2) is 71.8 Å². The number of hydrazone groups is 1. The molecule has 0 fully saturated rings. The fourth-order valence-corrected chi connectivity index (χ4v) is 2.99. The number of aryl methyl sites for hydroxylation is 1. The van der Waals surface area contributed by atoms with E-state index in [2.05, 4.69) is 30.4 Å². The smallest absolute Gasteiger partial charge is 0.343 e. The van der Waals surface area contributed by atoms with Crippen LogP contribution < -0.4 is 14.9 Å². The van der Waals surface area contributed by atoms with Gasteiger partial charge in [-0.05, 0) is 84.1 Å². The van der Waals surface area contributed by atoms with Crippen molar-refractivity contribution >= 4 is 29.7 Å². The highest BCUT2D eigenvalue weighted by Crippen LogP contribution is 2.24. The Bertz CT molecular complexity index is 1140. The zero-order valence-corrected chi connectivity index (χ0v) is 19.4. The Morgan fingerprint density at radius 3 is 2.39 bits per heavy atom. The number of benzene rings is 3. The molecule has 3 aromatic carbocycles. The van der Waals surface area contributed by atoms with Gasteiger partial charge in [-0.1, -0.05) is 37.6 Å². The second kappa shape index (κ2) is 11.3. The van der Waals surface area contributed by atoms with E-state index in [1.54, 1.807) is 48.5 Å². The van der Waals surface area contributed by atoms with Gasteiger partial charge in [0.15, 0.2) is 6.61 Å². The summed E-state index contributed by atoms with van der Waals surface area (Å²) in [6.07, 6.45) is 1.49. The lowest BCUT2D eigenvalue weighted by Crippen LogP contribution is -2.24. The number of carbonyl (C=O) groups excluding carboxylic acids is 2. The van der Waals surface area contributed by atoms with Gasteiger partial charge in [-0.2, -0.15) is 5.10 Å². The predicted octanol–water partition coefficient (Wildman–Crippen LogP) is 5.52. The van der Waals surface area contributed by atoms with Crippen LogP contribution in [0.4, 0.5) is 0 Å². The van der Waals surface area contributed by atoms with Crippen LogP contribution in [-0.4, -0.2) is 24.7 Å². The first-order valence-electron chi connectivity index (χ1n) is 10.4. The third-order valence-corrected chi connectivity index (χ3v) is 5.06. The molecule has 0 saturated heterocycles. The van der Waals surface area contributed by atoms with Gasteiger partial charge < -0.3 is 9.47 Å². The van der Waals surface area contributed by atoms with Crippen LogP contribution in [0.3, 0.4) is 0 Å². The molecule has 3 rings (SSSR count). The lowest BCUT2D eigenvalue weighted by Gasteiger charge is -2.12. The molecule has 1 N–H and O–H groups in total. The third kappa shape index (κ3) is 7.19. The highest BCUT2D eigenvalue weighted by Gasteiger charge is 2.09. The van der Waals surface area contributed by atoms with Crippen molar-refractivity contribution in [2.75, 3.05) is 6.61 Å². The molecular weight excluding hydrogens is 440 g/mol. The highest BCUT2D eigenvalue weighted by atomic mass is 35.5. The molecule has 6 nitrogen and oxygen atoms in total. The van der Waals surface area contributed by atoms with E-state index in [1.165, 1.54) is 6.21 Å². The van der Waals surface area contributed by atoms with Gasteiger partial charge in [0.05, 0.1) is 11.8 Å². The highest BCUT2D eigenvalue weighted by molar-refractivity contribution is 6.30. The number of esters is 1. The van der Waals surface area contributed by atoms with E-state index in [0.717, 1.165) is 16.7 Å². The zero-order chi connectivity index (χ0) is 23.8. The Labute approximate surface area is 198 Å². The molecule has 0 unspecified atom stereocenters. The van der Waals surface area contributed by atoms with E-state index >= 15 is 0 Å². The molecule has 0 spiro atoms. The molecule has 0 bridgehead atoms. The average molecular weight is 465 g/mol. The number of carbonyl (C=O) groups is 2. The molecule has 0 atom stereocenters. The van der Waals surface area contributed by atoms with Crippen molar-refractivity contribution in [1.82, 2.24) is 5.43 Å². The number of rotatable bonds is 8. The topological polar surface area (TPSA) is 77.0 Å². The van der Waals surface area contributed by atoms with Crippen molar-refractivity contribution in [2.45, 2.75) is 26.7 Å². The van der Waals surface area contributed by atoms with Gasteiger partial charge >= 0.3 is 5.97 Å². The molecule has 3 aromatic rings. The van der Waals surface area contributed by atoms with Gasteiger partial charge in [0.1, 0.15) is 11.5 Å². The second-order valence-electron chi connectivity index (χ2n) is 7.73. The molecule has 1 amide bonds. The number of hydrogen-bond acceptors (Lipinski definition) is 5. The van der Waals surface area contributed by atoms with Gasteiger partial charge in [0.2, 0.25) is 0 Å². The molecule has 0 aliphatic carbocycles. The quantitative estimate of drug-likeness (QED) is 0.206. The van der Waals surface area contributed by atoms with Crippen molar-refractivity contribution in [3.63, 3.8) is 0 Å². The van der Waals surface area contributed by atoms with Crippen LogP contribution in [0.1, 0.15) is 46.8 Å². The Morgan fingerprint density at radius 2 is 1.73 bits per heavy atom. The van der Waals surface area contributed by atoms with Crippen molar-refractivity contribution in [1.29, 1.82) is 0 Å². The summed E-state index contributed by atoms with van der Waals surface area (Å²) in [5, 5.41) is 4.49. The van der Waals surface area contributed by atoms with Crippen LogP contribution in [0.25, 0.3) is 0 Å². The largest absolute Gasteiger partial charge is 0.483 e. The number of hydrogen-bond donors (Lipinski definition) is 1. The fourth-order valence-electron chi connectivity index (χ4n) is 2.86. The lowest BCUT2D eigenvalue weighted by molar-refractivity contribution is -0.123. The molecule has 33 heavy (non-hydrogen) atoms. The summed E-state index contributed by atoms with van der Waals surface area (Å²) >= 11 is 5.83. The lowest BCUT2D eigenvalue weighted by atomic mass is 10.0. The summed E-state index contributed by atoms with van der Waals surface area (Å²) in [7, 11) is 0. The number of ether oxygens (including phenoxy) is 2. The van der Waals surface area contributed by atoms with Crippen molar-refractivity contribution in [2.24, 2.45) is 5.10 Å². The van der Waals surface area contributed by atoms with E-state index in [0.29, 0.717) is 28.0 Å². The first kappa shape index (κ1) is 24.0. The Hall–Kier alpha value is -3.64. The first-order chi connectivity index (χ1) is 15.8. The summed E-state index contributed by atoms with van der Waals surface area (Å²) < 4.78 is 11.0. The minimum atomic E-state index is -0.477. The molecule has 0 heterocycles. The Morgan fingerprint density at radius 1 is 1.03 bits per heavy atom. The van der Waals surface area contributed by atoms with E-state index in [1.807, 2.05) is 19.1 Å². The number of nitrogens with zero attached hydrogens (tertiary/aromatic N) is 1. The minimum absolute atomic E-state index is 0.140. The van der Waals surface area contributed by atoms with Gasteiger partial charge in [-0.25, -0.2) is 10.2 Å². The maximum absolute atomic E-state index is 12.1. The summed E-state index contributed by atoms with van der Waals surface area (Å²) in [6, 6.07) is 19.2. The number of nitrogens with one attached hydrogen (secondary N) is 1. The van der Waals surface area contributed by atoms with Gasteiger partial charge in [0.25, 0.3) is 5.91 Å². The summed E-state index contributed by atoms with van der Waals surface area (Å²) in [4.78, 5) is 24.2. The van der Waals surface area contributed by atoms with Gasteiger partial charge in [-0.15, -0.1) is 0 Å². The van der Waals surface area contributed by atoms with Crippen LogP contribution in [-0.2, 0) is 4.79 Å². The Kier molecular flexibility index (Phi) is 8.22. The van der Waals surface area contributed by atoms with Crippen LogP contribution in [0, 0.1) is 6.92 Å². The van der Waals surface area contributed by atoms with Gasteiger partial charge in [-0.3, -0.25) is 4.79 Å². The molecule has 0 aliphatic rings. The summed E-state index contributed by atoms with van der Waals surface area (Å²) in [6.45, 7) is 6.00. The van der Waals surface area contributed by atoms with Crippen LogP contribution >= 0.6 is 11.6 Å².